The van der Waals surface area contributed by atoms with Gasteiger partial charge in [0.05, 0.1) is 24.1 Å². The molecule has 2 atom stereocenters. The van der Waals surface area contributed by atoms with Gasteiger partial charge in [-0.25, -0.2) is 4.79 Å². The Kier molecular flexibility index (Phi) is 9.99. The first kappa shape index (κ1) is 28.2. The smallest absolute Gasteiger partial charge is 0.408 e. The molecule has 0 bridgehead atoms. The van der Waals surface area contributed by atoms with Gasteiger partial charge in [-0.15, -0.1) is 0 Å². The van der Waals surface area contributed by atoms with E-state index >= 15 is 0 Å². The van der Waals surface area contributed by atoms with Crippen molar-refractivity contribution in [3.8, 4) is 0 Å². The largest absolute Gasteiger partial charge is 0.447 e. The molecular weight excluding hydrogens is 462 g/mol. The molecule has 0 aromatic carbocycles. The number of alkyl carbamates (subject to hydrolysis) is 1. The van der Waals surface area contributed by atoms with E-state index < -0.39 is 18.2 Å². The molecule has 1 heterocycles. The van der Waals surface area contributed by atoms with Gasteiger partial charge in [-0.2, -0.15) is 0 Å². The predicted octanol–water partition coefficient (Wildman–Crippen LogP) is 2.69. The molecule has 0 aromatic rings. The molecule has 2 saturated carbocycles. The second kappa shape index (κ2) is 12.7. The highest BCUT2D eigenvalue weighted by Gasteiger charge is 2.39. The van der Waals surface area contributed by atoms with Gasteiger partial charge in [0, 0.05) is 19.0 Å². The van der Waals surface area contributed by atoms with E-state index in [2.05, 4.69) is 10.6 Å². The molecule has 0 spiro atoms. The summed E-state index contributed by atoms with van der Waals surface area (Å²) in [5.41, 5.74) is 5.34. The second-order valence-electron chi connectivity index (χ2n) is 11.2. The van der Waals surface area contributed by atoms with Crippen molar-refractivity contribution in [1.29, 1.82) is 5.41 Å². The first-order valence-corrected chi connectivity index (χ1v) is 13.6. The van der Waals surface area contributed by atoms with Crippen LogP contribution in [0.15, 0.2) is 0 Å². The van der Waals surface area contributed by atoms with Crippen LogP contribution in [-0.4, -0.2) is 72.1 Å². The summed E-state index contributed by atoms with van der Waals surface area (Å²) in [5.74, 6) is 0.305. The van der Waals surface area contributed by atoms with Crippen molar-refractivity contribution in [3.05, 3.63) is 0 Å². The van der Waals surface area contributed by atoms with E-state index in [0.29, 0.717) is 25.4 Å². The summed E-state index contributed by atoms with van der Waals surface area (Å²) >= 11 is 0. The molecule has 36 heavy (non-hydrogen) atoms. The summed E-state index contributed by atoms with van der Waals surface area (Å²) < 4.78 is 11.4. The zero-order chi connectivity index (χ0) is 26.3. The lowest BCUT2D eigenvalue weighted by atomic mass is 9.81. The maximum atomic E-state index is 13.6. The molecule has 3 rings (SSSR count). The van der Waals surface area contributed by atoms with Crippen LogP contribution < -0.4 is 16.4 Å². The van der Waals surface area contributed by atoms with Crippen molar-refractivity contribution in [2.45, 2.75) is 109 Å². The minimum absolute atomic E-state index is 0.0484. The third-order valence-electron chi connectivity index (χ3n) is 7.88. The van der Waals surface area contributed by atoms with Gasteiger partial charge < -0.3 is 30.7 Å². The summed E-state index contributed by atoms with van der Waals surface area (Å²) in [6, 6.07) is -1.47. The topological polar surface area (TPSA) is 147 Å². The highest BCUT2D eigenvalue weighted by atomic mass is 16.6. The molecule has 2 aliphatic carbocycles. The van der Waals surface area contributed by atoms with E-state index in [1.54, 1.807) is 18.7 Å². The van der Waals surface area contributed by atoms with Crippen LogP contribution in [0, 0.1) is 17.2 Å². The molecule has 10 heteroatoms. The first-order chi connectivity index (χ1) is 17.1. The molecule has 1 aliphatic heterocycles. The van der Waals surface area contributed by atoms with Crippen LogP contribution >= 0.6 is 0 Å². The number of amidine groups is 1. The van der Waals surface area contributed by atoms with Crippen molar-refractivity contribution < 1.29 is 23.9 Å². The minimum Gasteiger partial charge on any atom is -0.447 e. The highest BCUT2D eigenvalue weighted by Crippen LogP contribution is 2.33. The Morgan fingerprint density at radius 2 is 1.75 bits per heavy atom. The normalized spacial score (nSPS) is 26.4. The van der Waals surface area contributed by atoms with Crippen LogP contribution in [0.25, 0.3) is 0 Å². The maximum absolute atomic E-state index is 13.6. The van der Waals surface area contributed by atoms with E-state index in [-0.39, 0.29) is 41.9 Å². The average molecular weight is 508 g/mol. The zero-order valence-electron chi connectivity index (χ0n) is 22.1. The van der Waals surface area contributed by atoms with E-state index in [9.17, 15) is 14.4 Å². The SMILES string of the molecule is CC(C)OC(=O)N[C@H](COC1(C)CCCC1)C(=O)N1CCC[C@H]1C(=O)NC[C@H]1CC[C@H](C(=N)N)CC1. The van der Waals surface area contributed by atoms with Crippen LogP contribution in [0.2, 0.25) is 0 Å². The fourth-order valence-electron chi connectivity index (χ4n) is 5.66. The molecular formula is C26H45N5O5. The van der Waals surface area contributed by atoms with Gasteiger partial charge in [-0.1, -0.05) is 12.8 Å². The number of carbonyl (C=O) groups is 3. The first-order valence-electron chi connectivity index (χ1n) is 13.6. The van der Waals surface area contributed by atoms with Crippen molar-refractivity contribution in [2.24, 2.45) is 17.6 Å². The Bertz CT molecular complexity index is 790. The molecule has 5 N–H and O–H groups in total. The molecule has 0 unspecified atom stereocenters. The van der Waals surface area contributed by atoms with Crippen LogP contribution in [0.3, 0.4) is 0 Å². The van der Waals surface area contributed by atoms with Gasteiger partial charge in [-0.3, -0.25) is 15.0 Å². The number of amides is 3. The summed E-state index contributed by atoms with van der Waals surface area (Å²) in [5, 5.41) is 13.4. The highest BCUT2D eigenvalue weighted by molar-refractivity contribution is 5.92. The van der Waals surface area contributed by atoms with Crippen LogP contribution in [0.5, 0.6) is 0 Å². The zero-order valence-corrected chi connectivity index (χ0v) is 22.1. The van der Waals surface area contributed by atoms with Gasteiger partial charge in [0.1, 0.15) is 12.1 Å². The van der Waals surface area contributed by atoms with E-state index in [1.165, 1.54) is 0 Å². The molecule has 10 nitrogen and oxygen atoms in total. The standard InChI is InChI=1S/C26H45N5O5/c1-17(2)36-25(34)30-20(16-35-26(3)12-4-5-13-26)24(33)31-14-6-7-21(31)23(32)29-15-18-8-10-19(11-9-18)22(27)28/h17-21H,4-16H2,1-3H3,(H3,27,28)(H,29,32)(H,30,34)/t18-,19-,20-,21+/m1/s1. The minimum atomic E-state index is -0.913. The number of carbonyl (C=O) groups excluding carboxylic acids is 3. The number of ether oxygens (including phenoxy) is 2. The second-order valence-corrected chi connectivity index (χ2v) is 11.2. The predicted molar refractivity (Wildman–Crippen MR) is 136 cm³/mol. The lowest BCUT2D eigenvalue weighted by molar-refractivity contribution is -0.142. The summed E-state index contributed by atoms with van der Waals surface area (Å²) in [6.45, 7) is 6.62. The molecule has 3 fully saturated rings. The summed E-state index contributed by atoms with van der Waals surface area (Å²) in [6.07, 6.45) is 7.98. The Morgan fingerprint density at radius 1 is 1.08 bits per heavy atom. The van der Waals surface area contributed by atoms with Crippen LogP contribution in [0.1, 0.15) is 85.0 Å². The van der Waals surface area contributed by atoms with Gasteiger partial charge >= 0.3 is 6.09 Å². The molecule has 204 valence electrons. The lowest BCUT2D eigenvalue weighted by Crippen LogP contribution is -2.56. The number of likely N-dealkylation sites (tertiary alicyclic amines) is 1. The van der Waals surface area contributed by atoms with Crippen molar-refractivity contribution in [1.82, 2.24) is 15.5 Å². The third-order valence-corrected chi connectivity index (χ3v) is 7.88. The molecule has 0 aromatic heterocycles. The van der Waals surface area contributed by atoms with Gasteiger partial charge in [0.25, 0.3) is 0 Å². The van der Waals surface area contributed by atoms with E-state index in [0.717, 1.165) is 57.8 Å². The Labute approximate surface area is 214 Å². The van der Waals surface area contributed by atoms with Crippen LogP contribution in [0.4, 0.5) is 4.79 Å². The number of hydrogen-bond acceptors (Lipinski definition) is 6. The third kappa shape index (κ3) is 7.82. The van der Waals surface area contributed by atoms with Crippen molar-refractivity contribution in [2.75, 3.05) is 19.7 Å². The molecule has 0 radical (unpaired) electrons. The Hall–Kier alpha value is -2.36. The summed E-state index contributed by atoms with van der Waals surface area (Å²) in [7, 11) is 0. The van der Waals surface area contributed by atoms with E-state index in [1.807, 2.05) is 6.92 Å². The number of nitrogens with two attached hydrogens (primary N) is 1. The fourth-order valence-corrected chi connectivity index (χ4v) is 5.66. The molecule has 1 saturated heterocycles. The number of nitrogens with zero attached hydrogens (tertiary/aromatic N) is 1. The number of hydrogen-bond donors (Lipinski definition) is 4. The Morgan fingerprint density at radius 3 is 2.36 bits per heavy atom. The fraction of sp³-hybridized carbons (Fsp3) is 0.846. The molecule has 3 amide bonds. The van der Waals surface area contributed by atoms with Gasteiger partial charge in [0.15, 0.2) is 0 Å². The van der Waals surface area contributed by atoms with Crippen molar-refractivity contribution in [3.63, 3.8) is 0 Å². The molecule has 3 aliphatic rings. The van der Waals surface area contributed by atoms with Gasteiger partial charge in [0.2, 0.25) is 11.8 Å². The van der Waals surface area contributed by atoms with Crippen LogP contribution in [-0.2, 0) is 19.1 Å². The van der Waals surface area contributed by atoms with Gasteiger partial charge in [-0.05, 0) is 78.1 Å². The number of rotatable bonds is 10. The Balaban J connectivity index is 1.58. The van der Waals surface area contributed by atoms with Crippen molar-refractivity contribution >= 4 is 23.7 Å². The van der Waals surface area contributed by atoms with E-state index in [4.69, 9.17) is 20.6 Å². The number of nitrogens with one attached hydrogen (secondary N) is 3. The quantitative estimate of drug-likeness (QED) is 0.264. The lowest BCUT2D eigenvalue weighted by Gasteiger charge is -2.32. The monoisotopic (exact) mass is 507 g/mol. The maximum Gasteiger partial charge on any atom is 0.408 e. The summed E-state index contributed by atoms with van der Waals surface area (Å²) in [4.78, 5) is 40.6. The average Bonchev–Trinajstić information content (AvgIpc) is 3.49.